The SMILES string of the molecule is CCc1ccccc1N=C(S)N=NC=C1C=CC2C(=C1)C=Cc1c2ncn1-c1ccc(OC(F)(F)F)cc1. The van der Waals surface area contributed by atoms with E-state index in [1.165, 1.54) is 12.1 Å². The highest BCUT2D eigenvalue weighted by Crippen LogP contribution is 2.38. The third-order valence-electron chi connectivity index (χ3n) is 6.03. The van der Waals surface area contributed by atoms with Crippen molar-refractivity contribution in [2.24, 2.45) is 15.2 Å². The normalized spacial score (nSPS) is 18.0. The second kappa shape index (κ2) is 10.7. The van der Waals surface area contributed by atoms with Gasteiger partial charge in [-0.3, -0.25) is 4.57 Å². The number of benzene rings is 2. The molecule has 0 amide bonds. The van der Waals surface area contributed by atoms with Crippen LogP contribution in [0.5, 0.6) is 5.75 Å². The molecular formula is C28H22F3N5OS. The highest BCUT2D eigenvalue weighted by Gasteiger charge is 2.31. The standard InChI is InChI=1S/C28H22F3N5OS/c1-2-19-5-3-4-6-24(19)34-27(38)35-33-16-18-7-13-23-20(15-18)8-14-25-26(23)32-17-36(25)21-9-11-22(12-10-21)37-28(29,30)31/h3-17,23H,2H2,1H3,(H,34,38). The quantitative estimate of drug-likeness (QED) is 0.157. The van der Waals surface area contributed by atoms with E-state index in [0.717, 1.165) is 40.2 Å². The number of fused-ring (bicyclic) bond motifs is 3. The monoisotopic (exact) mass is 533 g/mol. The van der Waals surface area contributed by atoms with Crippen molar-refractivity contribution in [1.29, 1.82) is 0 Å². The van der Waals surface area contributed by atoms with Crippen molar-refractivity contribution in [2.45, 2.75) is 25.6 Å². The minimum Gasteiger partial charge on any atom is -0.406 e. The van der Waals surface area contributed by atoms with E-state index in [0.29, 0.717) is 5.69 Å². The lowest BCUT2D eigenvalue weighted by Crippen LogP contribution is -2.17. The third-order valence-corrected chi connectivity index (χ3v) is 6.22. The number of ether oxygens (including phenoxy) is 1. The van der Waals surface area contributed by atoms with Crippen LogP contribution in [0.15, 0.2) is 112 Å². The summed E-state index contributed by atoms with van der Waals surface area (Å²) < 4.78 is 43.2. The van der Waals surface area contributed by atoms with Crippen LogP contribution in [0, 0.1) is 0 Å². The topological polar surface area (TPSA) is 64.1 Å². The van der Waals surface area contributed by atoms with Crippen molar-refractivity contribution in [3.05, 3.63) is 113 Å². The Morgan fingerprint density at radius 3 is 2.66 bits per heavy atom. The summed E-state index contributed by atoms with van der Waals surface area (Å²) >= 11 is 4.34. The van der Waals surface area contributed by atoms with Crippen LogP contribution >= 0.6 is 12.6 Å². The van der Waals surface area contributed by atoms with Crippen molar-refractivity contribution >= 4 is 29.6 Å². The van der Waals surface area contributed by atoms with Gasteiger partial charge in [0.1, 0.15) is 12.1 Å². The number of hydrogen-bond donors (Lipinski definition) is 1. The number of hydrogen-bond acceptors (Lipinski definition) is 4. The predicted octanol–water partition coefficient (Wildman–Crippen LogP) is 7.89. The van der Waals surface area contributed by atoms with Crippen LogP contribution < -0.4 is 4.74 Å². The van der Waals surface area contributed by atoms with E-state index in [4.69, 9.17) is 0 Å². The number of aliphatic imine (C=N–C) groups is 1. The molecule has 2 aliphatic carbocycles. The van der Waals surface area contributed by atoms with Crippen LogP contribution in [0.3, 0.4) is 0 Å². The van der Waals surface area contributed by atoms with Crippen LogP contribution in [0.1, 0.15) is 29.8 Å². The number of halogens is 3. The van der Waals surface area contributed by atoms with Gasteiger partial charge in [0, 0.05) is 11.6 Å². The summed E-state index contributed by atoms with van der Waals surface area (Å²) in [5.41, 5.74) is 6.22. The lowest BCUT2D eigenvalue weighted by atomic mass is 9.84. The zero-order valence-corrected chi connectivity index (χ0v) is 21.1. The first kappa shape index (κ1) is 25.5. The van der Waals surface area contributed by atoms with E-state index in [1.54, 1.807) is 24.7 Å². The summed E-state index contributed by atoms with van der Waals surface area (Å²) in [4.78, 5) is 9.01. The van der Waals surface area contributed by atoms with Crippen LogP contribution in [0.4, 0.5) is 18.9 Å². The number of para-hydroxylation sites is 1. The van der Waals surface area contributed by atoms with Gasteiger partial charge in [-0.1, -0.05) is 43.4 Å². The Morgan fingerprint density at radius 2 is 1.89 bits per heavy atom. The van der Waals surface area contributed by atoms with E-state index in [9.17, 15) is 13.2 Å². The molecule has 10 heteroatoms. The molecule has 2 aromatic carbocycles. The summed E-state index contributed by atoms with van der Waals surface area (Å²) in [5, 5.41) is 8.49. The average Bonchev–Trinajstić information content (AvgIpc) is 3.33. The zero-order valence-electron chi connectivity index (χ0n) is 20.2. The van der Waals surface area contributed by atoms with Gasteiger partial charge in [-0.15, -0.1) is 30.9 Å². The van der Waals surface area contributed by atoms with E-state index in [-0.39, 0.29) is 16.8 Å². The Morgan fingerprint density at radius 1 is 1.11 bits per heavy atom. The van der Waals surface area contributed by atoms with Gasteiger partial charge in [-0.05, 0) is 65.6 Å². The fourth-order valence-corrected chi connectivity index (χ4v) is 4.45. The van der Waals surface area contributed by atoms with Gasteiger partial charge in [0.15, 0.2) is 0 Å². The van der Waals surface area contributed by atoms with Crippen molar-refractivity contribution in [2.75, 3.05) is 0 Å². The molecule has 0 spiro atoms. The number of imidazole rings is 1. The summed E-state index contributed by atoms with van der Waals surface area (Å²) in [6, 6.07) is 13.5. The highest BCUT2D eigenvalue weighted by atomic mass is 32.1. The van der Waals surface area contributed by atoms with Crippen molar-refractivity contribution in [3.63, 3.8) is 0 Å². The fraction of sp³-hybridized carbons (Fsp3) is 0.143. The van der Waals surface area contributed by atoms with Gasteiger partial charge in [-0.25, -0.2) is 9.98 Å². The number of alkyl halides is 3. The van der Waals surface area contributed by atoms with E-state index in [1.807, 2.05) is 59.2 Å². The Balaban J connectivity index is 1.31. The maximum atomic E-state index is 12.5. The van der Waals surface area contributed by atoms with Gasteiger partial charge in [0.05, 0.1) is 23.3 Å². The Hall–Kier alpha value is -4.18. The molecular weight excluding hydrogens is 511 g/mol. The molecule has 0 saturated heterocycles. The minimum absolute atomic E-state index is 0.0503. The second-order valence-electron chi connectivity index (χ2n) is 8.48. The number of allylic oxidation sites excluding steroid dienone is 6. The van der Waals surface area contributed by atoms with Crippen molar-refractivity contribution < 1.29 is 17.9 Å². The molecule has 1 unspecified atom stereocenters. The number of nitrogens with zero attached hydrogens (tertiary/aromatic N) is 5. The van der Waals surface area contributed by atoms with Crippen LogP contribution in [0.25, 0.3) is 11.8 Å². The largest absolute Gasteiger partial charge is 0.573 e. The fourth-order valence-electron chi connectivity index (χ4n) is 4.29. The van der Waals surface area contributed by atoms with Crippen molar-refractivity contribution in [3.8, 4) is 11.4 Å². The number of amidine groups is 1. The molecule has 0 radical (unpaired) electrons. The zero-order chi connectivity index (χ0) is 26.7. The minimum atomic E-state index is -4.73. The van der Waals surface area contributed by atoms with Gasteiger partial charge < -0.3 is 4.74 Å². The van der Waals surface area contributed by atoms with E-state index >= 15 is 0 Å². The molecule has 1 heterocycles. The first-order valence-corrected chi connectivity index (χ1v) is 12.2. The lowest BCUT2D eigenvalue weighted by Gasteiger charge is -2.22. The second-order valence-corrected chi connectivity index (χ2v) is 8.88. The number of aryl methyl sites for hydroxylation is 1. The molecule has 2 aliphatic rings. The Labute approximate surface area is 222 Å². The van der Waals surface area contributed by atoms with Crippen molar-refractivity contribution in [1.82, 2.24) is 9.55 Å². The first-order chi connectivity index (χ1) is 18.3. The smallest absolute Gasteiger partial charge is 0.406 e. The number of thiol groups is 1. The number of azo groups is 1. The lowest BCUT2D eigenvalue weighted by molar-refractivity contribution is -0.274. The van der Waals surface area contributed by atoms with Crippen LogP contribution in [-0.4, -0.2) is 21.1 Å². The number of aromatic nitrogens is 2. The molecule has 6 nitrogen and oxygen atoms in total. The Bertz CT molecular complexity index is 1530. The van der Waals surface area contributed by atoms with E-state index in [2.05, 4.69) is 44.5 Å². The molecule has 0 N–H and O–H groups in total. The summed E-state index contributed by atoms with van der Waals surface area (Å²) in [6.45, 7) is 2.07. The molecule has 3 aromatic rings. The summed E-state index contributed by atoms with van der Waals surface area (Å²) in [6.07, 6.45) is 9.35. The number of rotatable bonds is 5. The molecule has 38 heavy (non-hydrogen) atoms. The summed E-state index contributed by atoms with van der Waals surface area (Å²) in [5.74, 6) is -0.324. The molecule has 5 rings (SSSR count). The van der Waals surface area contributed by atoms with E-state index < -0.39 is 6.36 Å². The first-order valence-electron chi connectivity index (χ1n) is 11.8. The van der Waals surface area contributed by atoms with Gasteiger partial charge >= 0.3 is 6.36 Å². The predicted molar refractivity (Wildman–Crippen MR) is 144 cm³/mol. The summed E-state index contributed by atoms with van der Waals surface area (Å²) in [7, 11) is 0. The average molecular weight is 534 g/mol. The molecule has 0 fully saturated rings. The Kier molecular flexibility index (Phi) is 7.15. The molecule has 1 aromatic heterocycles. The van der Waals surface area contributed by atoms with Gasteiger partial charge in [0.2, 0.25) is 5.17 Å². The van der Waals surface area contributed by atoms with Gasteiger partial charge in [-0.2, -0.15) is 5.11 Å². The van der Waals surface area contributed by atoms with Crippen LogP contribution in [0.2, 0.25) is 0 Å². The van der Waals surface area contributed by atoms with Crippen LogP contribution in [-0.2, 0) is 6.42 Å². The molecule has 0 bridgehead atoms. The third kappa shape index (κ3) is 5.70. The molecule has 0 saturated carbocycles. The van der Waals surface area contributed by atoms with Gasteiger partial charge in [0.25, 0.3) is 0 Å². The molecule has 1 atom stereocenters. The maximum absolute atomic E-state index is 12.5. The maximum Gasteiger partial charge on any atom is 0.573 e. The molecule has 0 aliphatic heterocycles. The highest BCUT2D eigenvalue weighted by molar-refractivity contribution is 7.96. The molecule has 192 valence electrons.